The van der Waals surface area contributed by atoms with Gasteiger partial charge < -0.3 is 9.84 Å². The average Bonchev–Trinajstić information content (AvgIpc) is 3.29. The molecule has 1 aliphatic rings. The van der Waals surface area contributed by atoms with E-state index < -0.39 is 5.60 Å². The first-order chi connectivity index (χ1) is 9.63. The van der Waals surface area contributed by atoms with E-state index in [-0.39, 0.29) is 5.92 Å². The predicted octanol–water partition coefficient (Wildman–Crippen LogP) is 3.71. The molecular formula is C18H20O2. The van der Waals surface area contributed by atoms with Gasteiger partial charge in [-0.1, -0.05) is 42.5 Å². The van der Waals surface area contributed by atoms with Crippen LogP contribution < -0.4 is 4.74 Å². The van der Waals surface area contributed by atoms with E-state index in [0.29, 0.717) is 5.92 Å². The van der Waals surface area contributed by atoms with Crippen molar-refractivity contribution >= 4 is 0 Å². The lowest BCUT2D eigenvalue weighted by atomic mass is 9.88. The number of aliphatic hydroxyl groups is 1. The molecule has 3 unspecified atom stereocenters. The zero-order valence-corrected chi connectivity index (χ0v) is 11.9. The Morgan fingerprint density at radius 3 is 2.55 bits per heavy atom. The van der Waals surface area contributed by atoms with Crippen molar-refractivity contribution in [3.63, 3.8) is 0 Å². The Hall–Kier alpha value is -1.80. The Kier molecular flexibility index (Phi) is 3.27. The minimum Gasteiger partial charge on any atom is -0.497 e. The van der Waals surface area contributed by atoms with Gasteiger partial charge in [0.1, 0.15) is 5.75 Å². The molecule has 3 atom stereocenters. The lowest BCUT2D eigenvalue weighted by Gasteiger charge is -2.25. The van der Waals surface area contributed by atoms with Gasteiger partial charge in [-0.15, -0.1) is 0 Å². The van der Waals surface area contributed by atoms with E-state index in [1.807, 2.05) is 37.3 Å². The Labute approximate surface area is 120 Å². The van der Waals surface area contributed by atoms with Crippen LogP contribution in [0.2, 0.25) is 0 Å². The van der Waals surface area contributed by atoms with Crippen LogP contribution >= 0.6 is 0 Å². The van der Waals surface area contributed by atoms with Crippen LogP contribution in [-0.4, -0.2) is 12.2 Å². The van der Waals surface area contributed by atoms with E-state index in [1.54, 1.807) is 7.11 Å². The molecule has 0 radical (unpaired) electrons. The summed E-state index contributed by atoms with van der Waals surface area (Å²) < 4.78 is 5.25. The zero-order valence-electron chi connectivity index (χ0n) is 11.9. The Balaban J connectivity index is 1.83. The van der Waals surface area contributed by atoms with Crippen molar-refractivity contribution in [2.75, 3.05) is 7.11 Å². The maximum Gasteiger partial charge on any atom is 0.119 e. The summed E-state index contributed by atoms with van der Waals surface area (Å²) in [5.74, 6) is 1.52. The number of benzene rings is 2. The lowest BCUT2D eigenvalue weighted by Crippen LogP contribution is -2.24. The van der Waals surface area contributed by atoms with Crippen molar-refractivity contribution in [1.29, 1.82) is 0 Å². The van der Waals surface area contributed by atoms with E-state index in [0.717, 1.165) is 17.7 Å². The number of hydrogen-bond donors (Lipinski definition) is 1. The zero-order chi connectivity index (χ0) is 14.2. The van der Waals surface area contributed by atoms with E-state index in [2.05, 4.69) is 24.3 Å². The predicted molar refractivity (Wildman–Crippen MR) is 79.9 cm³/mol. The van der Waals surface area contributed by atoms with Crippen LogP contribution in [0, 0.1) is 5.92 Å². The normalized spacial score (nSPS) is 23.9. The molecule has 1 aliphatic carbocycles. The molecule has 2 aromatic rings. The first kappa shape index (κ1) is 13.2. The molecule has 104 valence electrons. The fourth-order valence-corrected chi connectivity index (χ4v) is 3.04. The number of rotatable bonds is 4. The monoisotopic (exact) mass is 268 g/mol. The number of methoxy groups -OCH3 is 1. The van der Waals surface area contributed by atoms with Crippen molar-refractivity contribution in [2.24, 2.45) is 5.92 Å². The van der Waals surface area contributed by atoms with Gasteiger partial charge in [0.05, 0.1) is 12.7 Å². The SMILES string of the molecule is COc1cccc(C(C)(O)C2CC2c2ccccc2)c1. The van der Waals surface area contributed by atoms with Crippen LogP contribution in [0.4, 0.5) is 0 Å². The summed E-state index contributed by atoms with van der Waals surface area (Å²) in [5.41, 5.74) is 1.44. The first-order valence-electron chi connectivity index (χ1n) is 7.05. The Morgan fingerprint density at radius 2 is 1.85 bits per heavy atom. The minimum atomic E-state index is -0.810. The summed E-state index contributed by atoms with van der Waals surface area (Å²) in [7, 11) is 1.65. The molecule has 2 aromatic carbocycles. The van der Waals surface area contributed by atoms with Crippen molar-refractivity contribution in [3.05, 3.63) is 65.7 Å². The Bertz CT molecular complexity index is 589. The van der Waals surface area contributed by atoms with Gasteiger partial charge in [-0.05, 0) is 48.4 Å². The molecule has 0 saturated heterocycles. The van der Waals surface area contributed by atoms with Crippen LogP contribution in [0.1, 0.15) is 30.4 Å². The van der Waals surface area contributed by atoms with Crippen LogP contribution in [0.3, 0.4) is 0 Å². The molecule has 0 aliphatic heterocycles. The summed E-state index contributed by atoms with van der Waals surface area (Å²) in [6.07, 6.45) is 1.04. The van der Waals surface area contributed by atoms with Gasteiger partial charge in [0.25, 0.3) is 0 Å². The minimum absolute atomic E-state index is 0.275. The molecule has 0 amide bonds. The second-order valence-electron chi connectivity index (χ2n) is 5.74. The lowest BCUT2D eigenvalue weighted by molar-refractivity contribution is 0.0307. The number of hydrogen-bond acceptors (Lipinski definition) is 2. The van der Waals surface area contributed by atoms with Crippen LogP contribution in [0.5, 0.6) is 5.75 Å². The molecule has 3 rings (SSSR count). The van der Waals surface area contributed by atoms with Crippen molar-refractivity contribution in [1.82, 2.24) is 0 Å². The molecule has 2 heteroatoms. The van der Waals surface area contributed by atoms with Gasteiger partial charge in [0, 0.05) is 0 Å². The molecule has 20 heavy (non-hydrogen) atoms. The molecule has 0 spiro atoms. The highest BCUT2D eigenvalue weighted by molar-refractivity contribution is 5.36. The molecule has 1 N–H and O–H groups in total. The largest absolute Gasteiger partial charge is 0.497 e. The highest BCUT2D eigenvalue weighted by atomic mass is 16.5. The summed E-state index contributed by atoms with van der Waals surface area (Å²) in [6.45, 7) is 1.91. The second-order valence-corrected chi connectivity index (χ2v) is 5.74. The fourth-order valence-electron chi connectivity index (χ4n) is 3.04. The van der Waals surface area contributed by atoms with Gasteiger partial charge in [0.2, 0.25) is 0 Å². The van der Waals surface area contributed by atoms with Crippen LogP contribution in [-0.2, 0) is 5.60 Å². The molecule has 2 nitrogen and oxygen atoms in total. The Morgan fingerprint density at radius 1 is 1.10 bits per heavy atom. The van der Waals surface area contributed by atoms with E-state index in [1.165, 1.54) is 5.56 Å². The third-order valence-electron chi connectivity index (χ3n) is 4.39. The first-order valence-corrected chi connectivity index (χ1v) is 7.05. The maximum absolute atomic E-state index is 10.9. The average molecular weight is 268 g/mol. The van der Waals surface area contributed by atoms with Gasteiger partial charge in [-0.2, -0.15) is 0 Å². The van der Waals surface area contributed by atoms with Gasteiger partial charge >= 0.3 is 0 Å². The van der Waals surface area contributed by atoms with Crippen LogP contribution in [0.15, 0.2) is 54.6 Å². The third kappa shape index (κ3) is 2.32. The smallest absolute Gasteiger partial charge is 0.119 e. The molecule has 0 bridgehead atoms. The second kappa shape index (κ2) is 4.95. The molecule has 1 fully saturated rings. The summed E-state index contributed by atoms with van der Waals surface area (Å²) in [5, 5.41) is 10.9. The molecular weight excluding hydrogens is 248 g/mol. The van der Waals surface area contributed by atoms with Crippen LogP contribution in [0.25, 0.3) is 0 Å². The van der Waals surface area contributed by atoms with Crippen molar-refractivity contribution in [2.45, 2.75) is 24.9 Å². The van der Waals surface area contributed by atoms with E-state index >= 15 is 0 Å². The summed E-state index contributed by atoms with van der Waals surface area (Å²) in [4.78, 5) is 0. The van der Waals surface area contributed by atoms with Gasteiger partial charge in [-0.25, -0.2) is 0 Å². The highest BCUT2D eigenvalue weighted by Crippen LogP contribution is 2.56. The quantitative estimate of drug-likeness (QED) is 0.916. The topological polar surface area (TPSA) is 29.5 Å². The summed E-state index contributed by atoms with van der Waals surface area (Å²) in [6, 6.07) is 18.2. The number of ether oxygens (including phenoxy) is 1. The van der Waals surface area contributed by atoms with Gasteiger partial charge in [0.15, 0.2) is 0 Å². The highest BCUT2D eigenvalue weighted by Gasteiger charge is 2.50. The summed E-state index contributed by atoms with van der Waals surface area (Å²) >= 11 is 0. The molecule has 0 heterocycles. The third-order valence-corrected chi connectivity index (χ3v) is 4.39. The van der Waals surface area contributed by atoms with E-state index in [4.69, 9.17) is 4.74 Å². The van der Waals surface area contributed by atoms with Gasteiger partial charge in [-0.3, -0.25) is 0 Å². The fraction of sp³-hybridized carbons (Fsp3) is 0.333. The van der Waals surface area contributed by atoms with Crippen molar-refractivity contribution < 1.29 is 9.84 Å². The molecule has 0 aromatic heterocycles. The van der Waals surface area contributed by atoms with Crippen molar-refractivity contribution in [3.8, 4) is 5.75 Å². The van der Waals surface area contributed by atoms with E-state index in [9.17, 15) is 5.11 Å². The standard InChI is InChI=1S/C18H20O2/c1-18(19,14-9-6-10-15(11-14)20-2)17-12-16(17)13-7-4-3-5-8-13/h3-11,16-17,19H,12H2,1-2H3. The maximum atomic E-state index is 10.9. The molecule has 1 saturated carbocycles.